The van der Waals surface area contributed by atoms with E-state index in [1.807, 2.05) is 18.2 Å². The largest absolute Gasteiger partial charge is 0.494 e. The van der Waals surface area contributed by atoms with Crippen LogP contribution in [0.3, 0.4) is 0 Å². The van der Waals surface area contributed by atoms with E-state index in [0.717, 1.165) is 56.1 Å². The second kappa shape index (κ2) is 11.4. The highest BCUT2D eigenvalue weighted by atomic mass is 19.4. The number of aromatic nitrogens is 1. The molecule has 2 aromatic carbocycles. The lowest BCUT2D eigenvalue weighted by Crippen LogP contribution is -2.44. The SMILES string of the molecule is C=CC(=O)Nc1cc(Oc2cccc(Nc3ccc(N4CCN(C)CC4)cc3OC)n2)ccc1C(F)(F)F. The van der Waals surface area contributed by atoms with Gasteiger partial charge in [-0.1, -0.05) is 12.6 Å². The van der Waals surface area contributed by atoms with Gasteiger partial charge in [-0.25, -0.2) is 0 Å². The molecule has 1 fully saturated rings. The Balaban J connectivity index is 1.52. The highest BCUT2D eigenvalue weighted by Crippen LogP contribution is 2.38. The van der Waals surface area contributed by atoms with Gasteiger partial charge in [0.1, 0.15) is 17.3 Å². The maximum absolute atomic E-state index is 13.4. The Morgan fingerprint density at radius 1 is 1.05 bits per heavy atom. The fourth-order valence-corrected chi connectivity index (χ4v) is 3.97. The van der Waals surface area contributed by atoms with Gasteiger partial charge in [0.25, 0.3) is 0 Å². The summed E-state index contributed by atoms with van der Waals surface area (Å²) in [5, 5.41) is 5.37. The van der Waals surface area contributed by atoms with Gasteiger partial charge in [-0.2, -0.15) is 18.2 Å². The van der Waals surface area contributed by atoms with Crippen LogP contribution in [0.25, 0.3) is 0 Å². The van der Waals surface area contributed by atoms with Crippen LogP contribution in [0.1, 0.15) is 5.56 Å². The van der Waals surface area contributed by atoms with Crippen molar-refractivity contribution >= 4 is 28.8 Å². The Morgan fingerprint density at radius 3 is 2.50 bits per heavy atom. The van der Waals surface area contributed by atoms with Gasteiger partial charge in [0.15, 0.2) is 0 Å². The molecule has 0 unspecified atom stereocenters. The predicted octanol–water partition coefficient (Wildman–Crippen LogP) is 5.52. The number of carbonyl (C=O) groups excluding carboxylic acids is 1. The van der Waals surface area contributed by atoms with Gasteiger partial charge in [0, 0.05) is 50.1 Å². The third-order valence-corrected chi connectivity index (χ3v) is 6.00. The zero-order chi connectivity index (χ0) is 27.3. The fraction of sp³-hybridized carbons (Fsp3) is 0.259. The summed E-state index contributed by atoms with van der Waals surface area (Å²) in [6, 6.07) is 14.0. The number of hydrogen-bond acceptors (Lipinski definition) is 7. The Hall–Kier alpha value is -4.25. The molecule has 0 atom stereocenters. The quantitative estimate of drug-likeness (QED) is 0.374. The summed E-state index contributed by atoms with van der Waals surface area (Å²) in [4.78, 5) is 20.6. The van der Waals surface area contributed by atoms with Crippen LogP contribution in [0, 0.1) is 0 Å². The molecule has 0 saturated carbocycles. The molecule has 0 bridgehead atoms. The van der Waals surface area contributed by atoms with Gasteiger partial charge in [-0.05, 0) is 43.5 Å². The number of nitrogens with one attached hydrogen (secondary N) is 2. The molecule has 1 aromatic heterocycles. The Bertz CT molecular complexity index is 1310. The van der Waals surface area contributed by atoms with Crippen LogP contribution in [0.5, 0.6) is 17.4 Å². The first kappa shape index (κ1) is 26.8. The van der Waals surface area contributed by atoms with Crippen molar-refractivity contribution < 1.29 is 27.4 Å². The average Bonchev–Trinajstić information content (AvgIpc) is 2.89. The third kappa shape index (κ3) is 6.54. The molecule has 200 valence electrons. The van der Waals surface area contributed by atoms with E-state index >= 15 is 0 Å². The highest BCUT2D eigenvalue weighted by Gasteiger charge is 2.34. The zero-order valence-corrected chi connectivity index (χ0v) is 21.0. The molecule has 1 amide bonds. The van der Waals surface area contributed by atoms with E-state index in [1.54, 1.807) is 25.3 Å². The van der Waals surface area contributed by atoms with Crippen LogP contribution in [-0.2, 0) is 11.0 Å². The third-order valence-electron chi connectivity index (χ3n) is 6.00. The summed E-state index contributed by atoms with van der Waals surface area (Å²) in [6.45, 7) is 7.10. The van der Waals surface area contributed by atoms with Gasteiger partial charge in [-0.3, -0.25) is 4.79 Å². The number of amides is 1. The number of carbonyl (C=O) groups is 1. The predicted molar refractivity (Wildman–Crippen MR) is 141 cm³/mol. The van der Waals surface area contributed by atoms with Crippen LogP contribution < -0.4 is 25.0 Å². The molecule has 11 heteroatoms. The maximum atomic E-state index is 13.4. The number of likely N-dealkylation sites (N-methyl/N-ethyl adjacent to an activating group) is 1. The summed E-state index contributed by atoms with van der Waals surface area (Å²) in [6.07, 6.45) is -3.78. The zero-order valence-electron chi connectivity index (χ0n) is 21.0. The molecule has 2 N–H and O–H groups in total. The second-order valence-electron chi connectivity index (χ2n) is 8.66. The number of hydrogen-bond donors (Lipinski definition) is 2. The van der Waals surface area contributed by atoms with Crippen molar-refractivity contribution in [3.05, 3.63) is 72.8 Å². The molecule has 1 saturated heterocycles. The maximum Gasteiger partial charge on any atom is 0.418 e. The smallest absolute Gasteiger partial charge is 0.418 e. The van der Waals surface area contributed by atoms with E-state index in [1.165, 1.54) is 0 Å². The first-order chi connectivity index (χ1) is 18.2. The monoisotopic (exact) mass is 527 g/mol. The number of nitrogens with zero attached hydrogens (tertiary/aromatic N) is 3. The van der Waals surface area contributed by atoms with Gasteiger partial charge in [0.2, 0.25) is 11.8 Å². The molecule has 1 aliphatic rings. The lowest BCUT2D eigenvalue weighted by molar-refractivity contribution is -0.137. The van der Waals surface area contributed by atoms with Gasteiger partial charge in [0.05, 0.1) is 24.0 Å². The molecule has 0 spiro atoms. The fourth-order valence-electron chi connectivity index (χ4n) is 3.97. The molecule has 4 rings (SSSR count). The Kier molecular flexibility index (Phi) is 8.06. The minimum atomic E-state index is -4.66. The molecular formula is C27H28F3N5O3. The van der Waals surface area contributed by atoms with Crippen molar-refractivity contribution in [3.8, 4) is 17.4 Å². The minimum absolute atomic E-state index is 0.0659. The number of methoxy groups -OCH3 is 1. The molecule has 8 nitrogen and oxygen atoms in total. The number of benzene rings is 2. The van der Waals surface area contributed by atoms with Crippen LogP contribution in [0.15, 0.2) is 67.3 Å². The average molecular weight is 528 g/mol. The summed E-state index contributed by atoms with van der Waals surface area (Å²) in [5.41, 5.74) is 0.307. The van der Waals surface area contributed by atoms with E-state index < -0.39 is 23.3 Å². The lowest BCUT2D eigenvalue weighted by atomic mass is 10.1. The number of alkyl halides is 3. The number of ether oxygens (including phenoxy) is 2. The first-order valence-corrected chi connectivity index (χ1v) is 11.8. The Labute approximate surface area is 218 Å². The van der Waals surface area contributed by atoms with E-state index in [9.17, 15) is 18.0 Å². The van der Waals surface area contributed by atoms with Crippen molar-refractivity contribution in [2.45, 2.75) is 6.18 Å². The van der Waals surface area contributed by atoms with Crippen LogP contribution in [0.2, 0.25) is 0 Å². The number of pyridine rings is 1. The summed E-state index contributed by atoms with van der Waals surface area (Å²) < 4.78 is 51.4. The Morgan fingerprint density at radius 2 is 1.82 bits per heavy atom. The normalized spacial score (nSPS) is 14.1. The second-order valence-corrected chi connectivity index (χ2v) is 8.66. The van der Waals surface area contributed by atoms with Gasteiger partial charge >= 0.3 is 6.18 Å². The van der Waals surface area contributed by atoms with Crippen LogP contribution in [-0.4, -0.2) is 56.1 Å². The van der Waals surface area contributed by atoms with Crippen molar-refractivity contribution in [3.63, 3.8) is 0 Å². The van der Waals surface area contributed by atoms with Crippen LogP contribution in [0.4, 0.5) is 36.1 Å². The van der Waals surface area contributed by atoms with E-state index in [0.29, 0.717) is 17.3 Å². The van der Waals surface area contributed by atoms with Crippen molar-refractivity contribution in [1.82, 2.24) is 9.88 Å². The van der Waals surface area contributed by atoms with Gasteiger partial charge < -0.3 is 29.9 Å². The summed E-state index contributed by atoms with van der Waals surface area (Å²) >= 11 is 0. The first-order valence-electron chi connectivity index (χ1n) is 11.8. The minimum Gasteiger partial charge on any atom is -0.494 e. The topological polar surface area (TPSA) is 79.0 Å². The van der Waals surface area contributed by atoms with Crippen molar-refractivity contribution in [1.29, 1.82) is 0 Å². The number of halogens is 3. The molecular weight excluding hydrogens is 499 g/mol. The van der Waals surface area contributed by atoms with E-state index in [2.05, 4.69) is 39.0 Å². The molecule has 0 aliphatic carbocycles. The van der Waals surface area contributed by atoms with E-state index in [-0.39, 0.29) is 11.6 Å². The number of piperazine rings is 1. The number of anilines is 4. The molecule has 1 aliphatic heterocycles. The summed E-state index contributed by atoms with van der Waals surface area (Å²) in [7, 11) is 3.70. The van der Waals surface area contributed by atoms with E-state index in [4.69, 9.17) is 9.47 Å². The van der Waals surface area contributed by atoms with Crippen molar-refractivity contribution in [2.24, 2.45) is 0 Å². The van der Waals surface area contributed by atoms with Crippen molar-refractivity contribution in [2.75, 3.05) is 55.9 Å². The highest BCUT2D eigenvalue weighted by molar-refractivity contribution is 5.99. The molecule has 2 heterocycles. The van der Waals surface area contributed by atoms with Gasteiger partial charge in [-0.15, -0.1) is 0 Å². The standard InChI is InChI=1S/C27H28F3N5O3/c1-4-25(36)32-22-17-19(9-10-20(22)27(28,29)30)38-26-7-5-6-24(33-26)31-21-11-8-18(16-23(21)37-3)35-14-12-34(2)13-15-35/h4-11,16-17H,1,12-15H2,2-3H3,(H,31,33)(H,32,36). The lowest BCUT2D eigenvalue weighted by Gasteiger charge is -2.34. The van der Waals surface area contributed by atoms with Crippen LogP contribution >= 0.6 is 0 Å². The summed E-state index contributed by atoms with van der Waals surface area (Å²) in [5.74, 6) is 0.518. The molecule has 38 heavy (non-hydrogen) atoms. The molecule has 0 radical (unpaired) electrons. The number of rotatable bonds is 8. The molecule has 3 aromatic rings.